The summed E-state index contributed by atoms with van der Waals surface area (Å²) < 4.78 is 24.0. The molecule has 1 aliphatic heterocycles. The molecule has 2 aromatic rings. The highest BCUT2D eigenvalue weighted by Gasteiger charge is 2.20. The van der Waals surface area contributed by atoms with Crippen molar-refractivity contribution in [3.63, 3.8) is 0 Å². The molecule has 3 rings (SSSR count). The summed E-state index contributed by atoms with van der Waals surface area (Å²) in [6, 6.07) is 12.0. The Bertz CT molecular complexity index is 684. The van der Waals surface area contributed by atoms with Gasteiger partial charge in [-0.05, 0) is 48.2 Å². The lowest BCUT2D eigenvalue weighted by Gasteiger charge is -2.25. The second-order valence-corrected chi connectivity index (χ2v) is 6.44. The first-order valence-electron chi connectivity index (χ1n) is 8.58. The van der Waals surface area contributed by atoms with E-state index in [0.29, 0.717) is 18.8 Å². The average molecular weight is 345 g/mol. The number of phenolic OH excluding ortho intramolecular Hbond substituents is 1. The van der Waals surface area contributed by atoms with E-state index in [2.05, 4.69) is 4.90 Å². The van der Waals surface area contributed by atoms with Gasteiger partial charge in [0, 0.05) is 26.2 Å². The van der Waals surface area contributed by atoms with Gasteiger partial charge in [-0.3, -0.25) is 4.90 Å². The second kappa shape index (κ2) is 8.32. The molecule has 5 heteroatoms. The normalized spacial score (nSPS) is 17.2. The molecule has 0 saturated carbocycles. The van der Waals surface area contributed by atoms with Gasteiger partial charge in [-0.15, -0.1) is 0 Å². The third kappa shape index (κ3) is 4.94. The van der Waals surface area contributed by atoms with Crippen molar-refractivity contribution in [1.29, 1.82) is 0 Å². The van der Waals surface area contributed by atoms with Gasteiger partial charge in [0.2, 0.25) is 0 Å². The summed E-state index contributed by atoms with van der Waals surface area (Å²) >= 11 is 0. The molecular formula is C20H24FNO3. The van der Waals surface area contributed by atoms with Crippen molar-refractivity contribution in [2.45, 2.75) is 32.0 Å². The van der Waals surface area contributed by atoms with Crippen LogP contribution < -0.4 is 4.74 Å². The largest absolute Gasteiger partial charge is 0.504 e. The lowest BCUT2D eigenvalue weighted by molar-refractivity contribution is 0.0679. The van der Waals surface area contributed by atoms with Crippen LogP contribution >= 0.6 is 0 Å². The molecule has 1 fully saturated rings. The smallest absolute Gasteiger partial charge is 0.160 e. The van der Waals surface area contributed by atoms with E-state index in [-0.39, 0.29) is 17.7 Å². The molecule has 0 spiro atoms. The molecule has 0 aromatic heterocycles. The molecule has 1 aliphatic rings. The summed E-state index contributed by atoms with van der Waals surface area (Å²) in [5, 5.41) is 10.00. The highest BCUT2D eigenvalue weighted by Crippen LogP contribution is 2.27. The van der Waals surface area contributed by atoms with Crippen LogP contribution in [0.4, 0.5) is 4.39 Å². The van der Waals surface area contributed by atoms with Gasteiger partial charge in [0.25, 0.3) is 0 Å². The summed E-state index contributed by atoms with van der Waals surface area (Å²) in [6.07, 6.45) is 2.39. The summed E-state index contributed by atoms with van der Waals surface area (Å²) in [5.41, 5.74) is 2.05. The molecule has 1 saturated heterocycles. The van der Waals surface area contributed by atoms with Crippen LogP contribution in [0.2, 0.25) is 0 Å². The standard InChI is InChI=1S/C20H24FNO3/c1-24-20-9-6-16(11-19(20)23)13-22(14-18-3-2-10-25-18)12-15-4-7-17(21)8-5-15/h4-9,11,18,23H,2-3,10,12-14H2,1H3. The van der Waals surface area contributed by atoms with E-state index >= 15 is 0 Å². The average Bonchev–Trinajstić information content (AvgIpc) is 3.10. The Hall–Kier alpha value is -2.11. The van der Waals surface area contributed by atoms with Crippen LogP contribution in [0.15, 0.2) is 42.5 Å². The Labute approximate surface area is 147 Å². The molecular weight excluding hydrogens is 321 g/mol. The number of methoxy groups -OCH3 is 1. The number of nitrogens with zero attached hydrogens (tertiary/aromatic N) is 1. The van der Waals surface area contributed by atoms with Gasteiger partial charge in [-0.2, -0.15) is 0 Å². The zero-order valence-corrected chi connectivity index (χ0v) is 14.5. The molecule has 2 aromatic carbocycles. The highest BCUT2D eigenvalue weighted by atomic mass is 19.1. The first-order chi connectivity index (χ1) is 12.1. The molecule has 0 radical (unpaired) electrons. The van der Waals surface area contributed by atoms with Crippen molar-refractivity contribution >= 4 is 0 Å². The van der Waals surface area contributed by atoms with Gasteiger partial charge < -0.3 is 14.6 Å². The van der Waals surface area contributed by atoms with E-state index < -0.39 is 0 Å². The fraction of sp³-hybridized carbons (Fsp3) is 0.400. The lowest BCUT2D eigenvalue weighted by Crippen LogP contribution is -2.31. The van der Waals surface area contributed by atoms with E-state index in [1.54, 1.807) is 12.1 Å². The maximum Gasteiger partial charge on any atom is 0.160 e. The first kappa shape index (κ1) is 17.7. The van der Waals surface area contributed by atoms with E-state index in [4.69, 9.17) is 9.47 Å². The fourth-order valence-electron chi connectivity index (χ4n) is 3.20. The van der Waals surface area contributed by atoms with E-state index in [0.717, 1.165) is 37.1 Å². The SMILES string of the molecule is COc1ccc(CN(Cc2ccc(F)cc2)CC2CCCO2)cc1O. The molecule has 1 heterocycles. The molecule has 0 amide bonds. The highest BCUT2D eigenvalue weighted by molar-refractivity contribution is 5.41. The van der Waals surface area contributed by atoms with Crippen LogP contribution in [0, 0.1) is 5.82 Å². The van der Waals surface area contributed by atoms with Crippen molar-refractivity contribution in [3.05, 3.63) is 59.4 Å². The Balaban J connectivity index is 1.72. The van der Waals surface area contributed by atoms with Gasteiger partial charge in [-0.1, -0.05) is 18.2 Å². The zero-order valence-electron chi connectivity index (χ0n) is 14.5. The molecule has 1 atom stereocenters. The lowest BCUT2D eigenvalue weighted by atomic mass is 10.1. The van der Waals surface area contributed by atoms with E-state index in [9.17, 15) is 9.50 Å². The van der Waals surface area contributed by atoms with Gasteiger partial charge in [0.05, 0.1) is 13.2 Å². The Kier molecular flexibility index (Phi) is 5.89. The summed E-state index contributed by atoms with van der Waals surface area (Å²) in [5.74, 6) is 0.376. The van der Waals surface area contributed by atoms with Crippen molar-refractivity contribution in [2.24, 2.45) is 0 Å². The van der Waals surface area contributed by atoms with Crippen LogP contribution in [0.3, 0.4) is 0 Å². The van der Waals surface area contributed by atoms with Crippen LogP contribution in [-0.4, -0.2) is 36.4 Å². The maximum atomic E-state index is 13.1. The number of halogens is 1. The maximum absolute atomic E-state index is 13.1. The number of benzene rings is 2. The van der Waals surface area contributed by atoms with Crippen LogP contribution in [0.5, 0.6) is 11.5 Å². The van der Waals surface area contributed by atoms with E-state index in [1.807, 2.05) is 18.2 Å². The number of hydrogen-bond acceptors (Lipinski definition) is 4. The van der Waals surface area contributed by atoms with Crippen molar-refractivity contribution in [2.75, 3.05) is 20.3 Å². The Morgan fingerprint density at radius 1 is 1.16 bits per heavy atom. The molecule has 134 valence electrons. The minimum Gasteiger partial charge on any atom is -0.504 e. The monoisotopic (exact) mass is 345 g/mol. The number of phenols is 1. The van der Waals surface area contributed by atoms with Gasteiger partial charge in [-0.25, -0.2) is 4.39 Å². The number of aromatic hydroxyl groups is 1. The Morgan fingerprint density at radius 3 is 2.52 bits per heavy atom. The topological polar surface area (TPSA) is 41.9 Å². The van der Waals surface area contributed by atoms with Crippen molar-refractivity contribution in [1.82, 2.24) is 4.90 Å². The predicted octanol–water partition coefficient (Wildman–Crippen LogP) is 3.72. The van der Waals surface area contributed by atoms with Crippen LogP contribution in [0.1, 0.15) is 24.0 Å². The van der Waals surface area contributed by atoms with Crippen molar-refractivity contribution < 1.29 is 19.0 Å². The second-order valence-electron chi connectivity index (χ2n) is 6.44. The molecule has 4 nitrogen and oxygen atoms in total. The minimum absolute atomic E-state index is 0.138. The number of rotatable bonds is 7. The van der Waals surface area contributed by atoms with Gasteiger partial charge >= 0.3 is 0 Å². The molecule has 0 bridgehead atoms. The third-order valence-electron chi connectivity index (χ3n) is 4.45. The van der Waals surface area contributed by atoms with Gasteiger partial charge in [0.1, 0.15) is 5.82 Å². The Morgan fingerprint density at radius 2 is 1.88 bits per heavy atom. The van der Waals surface area contributed by atoms with Gasteiger partial charge in [0.15, 0.2) is 11.5 Å². The van der Waals surface area contributed by atoms with Crippen LogP contribution in [0.25, 0.3) is 0 Å². The molecule has 1 N–H and O–H groups in total. The zero-order chi connectivity index (χ0) is 17.6. The van der Waals surface area contributed by atoms with Crippen LogP contribution in [-0.2, 0) is 17.8 Å². The minimum atomic E-state index is -0.227. The summed E-state index contributed by atoms with van der Waals surface area (Å²) in [6.45, 7) is 3.00. The number of ether oxygens (including phenoxy) is 2. The fourth-order valence-corrected chi connectivity index (χ4v) is 3.20. The summed E-state index contributed by atoms with van der Waals surface area (Å²) in [7, 11) is 1.53. The third-order valence-corrected chi connectivity index (χ3v) is 4.45. The molecule has 1 unspecified atom stereocenters. The van der Waals surface area contributed by atoms with Crippen molar-refractivity contribution in [3.8, 4) is 11.5 Å². The molecule has 25 heavy (non-hydrogen) atoms. The summed E-state index contributed by atoms with van der Waals surface area (Å²) in [4.78, 5) is 2.27. The van der Waals surface area contributed by atoms with E-state index in [1.165, 1.54) is 19.2 Å². The predicted molar refractivity (Wildman–Crippen MR) is 94.1 cm³/mol. The first-order valence-corrected chi connectivity index (χ1v) is 8.58. The quantitative estimate of drug-likeness (QED) is 0.830. The number of hydrogen-bond donors (Lipinski definition) is 1. The molecule has 0 aliphatic carbocycles.